The summed E-state index contributed by atoms with van der Waals surface area (Å²) in [5.74, 6) is 0.544. The molecule has 0 saturated carbocycles. The summed E-state index contributed by atoms with van der Waals surface area (Å²) in [6, 6.07) is 19.2. The fourth-order valence-electron chi connectivity index (χ4n) is 2.40. The van der Waals surface area contributed by atoms with E-state index in [0.29, 0.717) is 27.9 Å². The van der Waals surface area contributed by atoms with Crippen LogP contribution in [0.25, 0.3) is 22.5 Å². The van der Waals surface area contributed by atoms with Crippen LogP contribution in [-0.4, -0.2) is 24.1 Å². The van der Waals surface area contributed by atoms with Crippen molar-refractivity contribution in [3.05, 3.63) is 65.2 Å². The van der Waals surface area contributed by atoms with Crippen molar-refractivity contribution in [2.24, 2.45) is 0 Å². The van der Waals surface area contributed by atoms with Gasteiger partial charge in [0.25, 0.3) is 0 Å². The van der Waals surface area contributed by atoms with E-state index in [0.717, 1.165) is 11.1 Å². The van der Waals surface area contributed by atoms with Gasteiger partial charge < -0.3 is 4.90 Å². The number of aromatic nitrogens is 2. The molecular formula is C19H15ClN4. The number of hydrogen-bond donors (Lipinski definition) is 0. The first-order valence-electron chi connectivity index (χ1n) is 7.41. The molecule has 4 nitrogen and oxygen atoms in total. The zero-order chi connectivity index (χ0) is 17.1. The van der Waals surface area contributed by atoms with E-state index in [1.165, 1.54) is 0 Å². The lowest BCUT2D eigenvalue weighted by Crippen LogP contribution is -2.14. The predicted octanol–water partition coefficient (Wildman–Crippen LogP) is 4.40. The van der Waals surface area contributed by atoms with Crippen molar-refractivity contribution >= 4 is 17.5 Å². The van der Waals surface area contributed by atoms with Crippen LogP contribution >= 0.6 is 11.6 Å². The Kier molecular flexibility index (Phi) is 4.45. The summed E-state index contributed by atoms with van der Waals surface area (Å²) in [7, 11) is 3.75. The maximum atomic E-state index is 9.74. The normalized spacial score (nSPS) is 10.2. The number of nitriles is 1. The second kappa shape index (κ2) is 6.69. The van der Waals surface area contributed by atoms with Crippen molar-refractivity contribution in [2.75, 3.05) is 19.0 Å². The topological polar surface area (TPSA) is 52.8 Å². The molecule has 0 N–H and O–H groups in total. The zero-order valence-corrected chi connectivity index (χ0v) is 14.1. The summed E-state index contributed by atoms with van der Waals surface area (Å²) in [6.45, 7) is 0. The summed E-state index contributed by atoms with van der Waals surface area (Å²) < 4.78 is 0. The van der Waals surface area contributed by atoms with Gasteiger partial charge in [0.15, 0.2) is 0 Å². The molecule has 1 heterocycles. The van der Waals surface area contributed by atoms with Gasteiger partial charge in [-0.25, -0.2) is 9.97 Å². The smallest absolute Gasteiger partial charge is 0.226 e. The average molecular weight is 335 g/mol. The molecule has 0 saturated heterocycles. The number of rotatable bonds is 3. The minimum atomic E-state index is 0.439. The van der Waals surface area contributed by atoms with Gasteiger partial charge in [0, 0.05) is 30.2 Å². The monoisotopic (exact) mass is 334 g/mol. The van der Waals surface area contributed by atoms with E-state index in [2.05, 4.69) is 16.0 Å². The highest BCUT2D eigenvalue weighted by Gasteiger charge is 2.18. The molecule has 3 rings (SSSR count). The highest BCUT2D eigenvalue weighted by atomic mass is 35.5. The van der Waals surface area contributed by atoms with Gasteiger partial charge in [0.05, 0.1) is 11.4 Å². The molecule has 0 spiro atoms. The van der Waals surface area contributed by atoms with E-state index < -0.39 is 0 Å². The molecule has 0 fully saturated rings. The van der Waals surface area contributed by atoms with E-state index in [1.807, 2.05) is 61.5 Å². The van der Waals surface area contributed by atoms with Gasteiger partial charge in [0.1, 0.15) is 11.6 Å². The first kappa shape index (κ1) is 16.0. The lowest BCUT2D eigenvalue weighted by Gasteiger charge is -2.16. The summed E-state index contributed by atoms with van der Waals surface area (Å²) in [4.78, 5) is 11.0. The van der Waals surface area contributed by atoms with Gasteiger partial charge in [-0.2, -0.15) is 5.26 Å². The van der Waals surface area contributed by atoms with Crippen LogP contribution < -0.4 is 4.90 Å². The Morgan fingerprint density at radius 3 is 2.12 bits per heavy atom. The van der Waals surface area contributed by atoms with Crippen LogP contribution in [0.5, 0.6) is 0 Å². The van der Waals surface area contributed by atoms with Crippen LogP contribution in [0.4, 0.5) is 5.95 Å². The van der Waals surface area contributed by atoms with Crippen molar-refractivity contribution in [2.45, 2.75) is 0 Å². The average Bonchev–Trinajstić information content (AvgIpc) is 2.61. The van der Waals surface area contributed by atoms with Crippen LogP contribution in [0.15, 0.2) is 54.6 Å². The molecular weight excluding hydrogens is 320 g/mol. The Morgan fingerprint density at radius 1 is 0.917 bits per heavy atom. The van der Waals surface area contributed by atoms with E-state index in [1.54, 1.807) is 12.1 Å². The van der Waals surface area contributed by atoms with E-state index in [4.69, 9.17) is 11.6 Å². The number of nitrogens with zero attached hydrogens (tertiary/aromatic N) is 4. The van der Waals surface area contributed by atoms with E-state index in [-0.39, 0.29) is 0 Å². The quantitative estimate of drug-likeness (QED) is 0.712. The lowest BCUT2D eigenvalue weighted by molar-refractivity contribution is 1.00. The molecule has 0 aliphatic heterocycles. The van der Waals surface area contributed by atoms with Gasteiger partial charge in [-0.15, -0.1) is 0 Å². The molecule has 3 aromatic rings. The first-order valence-corrected chi connectivity index (χ1v) is 7.79. The predicted molar refractivity (Wildman–Crippen MR) is 97.0 cm³/mol. The Balaban J connectivity index is 2.33. The maximum Gasteiger partial charge on any atom is 0.226 e. The third-order valence-corrected chi connectivity index (χ3v) is 3.79. The van der Waals surface area contributed by atoms with Crippen molar-refractivity contribution in [3.63, 3.8) is 0 Å². The minimum Gasteiger partial charge on any atom is -0.347 e. The third-order valence-electron chi connectivity index (χ3n) is 3.55. The van der Waals surface area contributed by atoms with Gasteiger partial charge in [-0.1, -0.05) is 54.1 Å². The Bertz CT molecular complexity index is 914. The standard InChI is InChI=1S/C19H15ClN4/c1-24(2)19-22-17(13-7-4-3-5-8-13)16(12-21)18(23-19)14-9-6-10-15(20)11-14/h3-11H,1-2H3. The Morgan fingerprint density at radius 2 is 1.54 bits per heavy atom. The van der Waals surface area contributed by atoms with E-state index >= 15 is 0 Å². The van der Waals surface area contributed by atoms with E-state index in [9.17, 15) is 5.26 Å². The van der Waals surface area contributed by atoms with Crippen LogP contribution in [0.3, 0.4) is 0 Å². The minimum absolute atomic E-state index is 0.439. The summed E-state index contributed by atoms with van der Waals surface area (Å²) >= 11 is 6.11. The Labute approximate surface area is 146 Å². The molecule has 0 aliphatic carbocycles. The first-order chi connectivity index (χ1) is 11.6. The molecule has 0 amide bonds. The van der Waals surface area contributed by atoms with Crippen molar-refractivity contribution < 1.29 is 0 Å². The molecule has 118 valence electrons. The van der Waals surface area contributed by atoms with Gasteiger partial charge in [-0.3, -0.25) is 0 Å². The lowest BCUT2D eigenvalue weighted by atomic mass is 10.0. The summed E-state index contributed by atoms with van der Waals surface area (Å²) in [6.07, 6.45) is 0. The second-order valence-electron chi connectivity index (χ2n) is 5.48. The molecule has 0 aliphatic rings. The third kappa shape index (κ3) is 3.08. The van der Waals surface area contributed by atoms with Crippen molar-refractivity contribution in [1.82, 2.24) is 9.97 Å². The molecule has 0 unspecified atom stereocenters. The number of anilines is 1. The largest absolute Gasteiger partial charge is 0.347 e. The van der Waals surface area contributed by atoms with Gasteiger partial charge >= 0.3 is 0 Å². The number of benzene rings is 2. The van der Waals surface area contributed by atoms with Gasteiger partial charge in [-0.05, 0) is 12.1 Å². The Hall–Kier alpha value is -2.90. The molecule has 24 heavy (non-hydrogen) atoms. The van der Waals surface area contributed by atoms with Crippen LogP contribution in [0, 0.1) is 11.3 Å². The number of halogens is 1. The van der Waals surface area contributed by atoms with Crippen molar-refractivity contribution in [3.8, 4) is 28.6 Å². The second-order valence-corrected chi connectivity index (χ2v) is 5.91. The SMILES string of the molecule is CN(C)c1nc(-c2ccccc2)c(C#N)c(-c2cccc(Cl)c2)n1. The highest BCUT2D eigenvalue weighted by molar-refractivity contribution is 6.30. The summed E-state index contributed by atoms with van der Waals surface area (Å²) in [5, 5.41) is 10.3. The molecule has 0 radical (unpaired) electrons. The molecule has 5 heteroatoms. The molecule has 0 atom stereocenters. The fourth-order valence-corrected chi connectivity index (χ4v) is 2.59. The van der Waals surface area contributed by atoms with Gasteiger partial charge in [0.2, 0.25) is 5.95 Å². The molecule has 0 bridgehead atoms. The fraction of sp³-hybridized carbons (Fsp3) is 0.105. The van der Waals surface area contributed by atoms with Crippen LogP contribution in [0.2, 0.25) is 5.02 Å². The maximum absolute atomic E-state index is 9.74. The summed E-state index contributed by atoms with van der Waals surface area (Å²) in [5.41, 5.74) is 3.31. The van der Waals surface area contributed by atoms with Crippen LogP contribution in [-0.2, 0) is 0 Å². The van der Waals surface area contributed by atoms with Crippen LogP contribution in [0.1, 0.15) is 5.56 Å². The van der Waals surface area contributed by atoms with Crippen molar-refractivity contribution in [1.29, 1.82) is 5.26 Å². The zero-order valence-electron chi connectivity index (χ0n) is 13.4. The number of hydrogen-bond acceptors (Lipinski definition) is 4. The molecule has 2 aromatic carbocycles. The molecule has 1 aromatic heterocycles. The highest BCUT2D eigenvalue weighted by Crippen LogP contribution is 2.32.